The van der Waals surface area contributed by atoms with E-state index in [9.17, 15) is 4.79 Å². The van der Waals surface area contributed by atoms with Gasteiger partial charge in [-0.1, -0.05) is 25.5 Å². The first-order valence-electron chi connectivity index (χ1n) is 6.98. The Hall–Kier alpha value is -1.59. The van der Waals surface area contributed by atoms with E-state index < -0.39 is 6.04 Å². The number of nitrogens with two attached hydrogens (primary N) is 1. The molecule has 0 fully saturated rings. The second-order valence-corrected chi connectivity index (χ2v) is 5.14. The van der Waals surface area contributed by atoms with Crippen LogP contribution in [0.25, 0.3) is 11.0 Å². The van der Waals surface area contributed by atoms with Crippen LogP contribution in [-0.4, -0.2) is 21.5 Å². The molecule has 0 saturated carbocycles. The molecule has 3 N–H and O–H groups in total. The summed E-state index contributed by atoms with van der Waals surface area (Å²) in [6, 6.07) is 5.60. The van der Waals surface area contributed by atoms with Crippen molar-refractivity contribution in [1.29, 1.82) is 0 Å². The van der Waals surface area contributed by atoms with Gasteiger partial charge in [0.05, 0.1) is 23.6 Å². The summed E-state index contributed by atoms with van der Waals surface area (Å²) < 4.78 is 2.02. The number of nitrogens with zero attached hydrogens (tertiary/aromatic N) is 2. The lowest BCUT2D eigenvalue weighted by Crippen LogP contribution is -2.40. The molecule has 0 bridgehead atoms. The summed E-state index contributed by atoms with van der Waals surface area (Å²) in [5.74, 6) is 0.724. The average molecular weight is 311 g/mol. The van der Waals surface area contributed by atoms with E-state index >= 15 is 0 Å². The molecule has 0 saturated heterocycles. The number of rotatable bonds is 5. The summed E-state index contributed by atoms with van der Waals surface area (Å²) >= 11 is 0. The minimum atomic E-state index is -0.434. The number of aryl methyl sites for hydroxylation is 2. The van der Waals surface area contributed by atoms with Crippen molar-refractivity contribution >= 4 is 29.3 Å². The molecular formula is C15H23ClN4O. The summed E-state index contributed by atoms with van der Waals surface area (Å²) in [4.78, 5) is 16.4. The molecular weight excluding hydrogens is 288 g/mol. The van der Waals surface area contributed by atoms with Crippen molar-refractivity contribution in [3.05, 3.63) is 29.6 Å². The third kappa shape index (κ3) is 3.74. The third-order valence-electron chi connectivity index (χ3n) is 3.55. The molecule has 116 valence electrons. The van der Waals surface area contributed by atoms with E-state index in [2.05, 4.69) is 23.3 Å². The van der Waals surface area contributed by atoms with Gasteiger partial charge in [-0.2, -0.15) is 0 Å². The van der Waals surface area contributed by atoms with Gasteiger partial charge in [0.1, 0.15) is 5.82 Å². The molecule has 1 atom stereocenters. The Bertz CT molecular complexity index is 623. The van der Waals surface area contributed by atoms with E-state index in [1.54, 1.807) is 0 Å². The maximum Gasteiger partial charge on any atom is 0.237 e. The number of aromatic nitrogens is 2. The van der Waals surface area contributed by atoms with Gasteiger partial charge in [-0.15, -0.1) is 12.4 Å². The van der Waals surface area contributed by atoms with E-state index in [0.29, 0.717) is 13.0 Å². The van der Waals surface area contributed by atoms with Gasteiger partial charge >= 0.3 is 0 Å². The van der Waals surface area contributed by atoms with E-state index in [1.165, 1.54) is 5.56 Å². The first-order chi connectivity index (χ1) is 9.54. The van der Waals surface area contributed by atoms with Gasteiger partial charge in [-0.25, -0.2) is 4.98 Å². The first kappa shape index (κ1) is 17.5. The number of halogens is 1. The van der Waals surface area contributed by atoms with E-state index in [1.807, 2.05) is 30.7 Å². The van der Waals surface area contributed by atoms with Gasteiger partial charge < -0.3 is 15.6 Å². The molecule has 6 heteroatoms. The van der Waals surface area contributed by atoms with E-state index in [4.69, 9.17) is 5.73 Å². The molecule has 0 aliphatic heterocycles. The number of carbonyl (C=O) groups is 1. The summed E-state index contributed by atoms with van der Waals surface area (Å²) in [5, 5.41) is 2.86. The molecule has 0 radical (unpaired) electrons. The summed E-state index contributed by atoms with van der Waals surface area (Å²) in [6.07, 6.45) is 1.60. The van der Waals surface area contributed by atoms with Crippen LogP contribution in [0.15, 0.2) is 18.2 Å². The molecule has 2 rings (SSSR count). The summed E-state index contributed by atoms with van der Waals surface area (Å²) in [5.41, 5.74) is 9.03. The highest BCUT2D eigenvalue weighted by atomic mass is 35.5. The van der Waals surface area contributed by atoms with Gasteiger partial charge in [0.25, 0.3) is 0 Å². The highest BCUT2D eigenvalue weighted by Crippen LogP contribution is 2.18. The summed E-state index contributed by atoms with van der Waals surface area (Å²) in [7, 11) is 1.97. The second-order valence-electron chi connectivity index (χ2n) is 5.14. The summed E-state index contributed by atoms with van der Waals surface area (Å²) in [6.45, 7) is 4.48. The Morgan fingerprint density at radius 1 is 1.48 bits per heavy atom. The van der Waals surface area contributed by atoms with Crippen LogP contribution >= 0.6 is 12.4 Å². The zero-order valence-electron chi connectivity index (χ0n) is 12.7. The second kappa shape index (κ2) is 7.43. The molecule has 0 spiro atoms. The lowest BCUT2D eigenvalue weighted by Gasteiger charge is -2.11. The molecule has 0 aliphatic rings. The maximum absolute atomic E-state index is 11.8. The molecule has 1 unspecified atom stereocenters. The van der Waals surface area contributed by atoms with Crippen LogP contribution in [-0.2, 0) is 18.4 Å². The van der Waals surface area contributed by atoms with Crippen molar-refractivity contribution < 1.29 is 4.79 Å². The number of carbonyl (C=O) groups excluding carboxylic acids is 1. The van der Waals surface area contributed by atoms with Crippen molar-refractivity contribution in [2.24, 2.45) is 12.8 Å². The minimum Gasteiger partial charge on any atom is -0.348 e. The van der Waals surface area contributed by atoms with Crippen LogP contribution < -0.4 is 11.1 Å². The van der Waals surface area contributed by atoms with Gasteiger partial charge in [-0.3, -0.25) is 4.79 Å². The zero-order valence-corrected chi connectivity index (χ0v) is 13.5. The Morgan fingerprint density at radius 3 is 2.81 bits per heavy atom. The topological polar surface area (TPSA) is 72.9 Å². The standard InChI is InChI=1S/C15H22N4O.ClH/c1-4-6-11(16)15(20)17-9-13-18-12-8-5-7-10(2)14(12)19(13)3;/h5,7-8,11H,4,6,9,16H2,1-3H3,(H,17,20);1H. The van der Waals surface area contributed by atoms with Crippen LogP contribution in [0.1, 0.15) is 31.2 Å². The largest absolute Gasteiger partial charge is 0.348 e. The predicted octanol–water partition coefficient (Wildman–Crippen LogP) is 2.05. The lowest BCUT2D eigenvalue weighted by molar-refractivity contribution is -0.122. The number of hydrogen-bond acceptors (Lipinski definition) is 3. The highest BCUT2D eigenvalue weighted by Gasteiger charge is 2.14. The highest BCUT2D eigenvalue weighted by molar-refractivity contribution is 5.85. The van der Waals surface area contributed by atoms with Crippen molar-refractivity contribution in [2.45, 2.75) is 39.3 Å². The maximum atomic E-state index is 11.8. The number of amides is 1. The van der Waals surface area contributed by atoms with Crippen LogP contribution in [0.2, 0.25) is 0 Å². The molecule has 2 aromatic rings. The average Bonchev–Trinajstić information content (AvgIpc) is 2.74. The van der Waals surface area contributed by atoms with Gasteiger partial charge in [0.15, 0.2) is 0 Å². The molecule has 1 aromatic carbocycles. The fourth-order valence-electron chi connectivity index (χ4n) is 2.41. The number of imidazole rings is 1. The van der Waals surface area contributed by atoms with E-state index in [0.717, 1.165) is 23.3 Å². The number of nitrogens with one attached hydrogen (secondary N) is 1. The Kier molecular flexibility index (Phi) is 6.18. The molecule has 0 aliphatic carbocycles. The quantitative estimate of drug-likeness (QED) is 0.887. The van der Waals surface area contributed by atoms with Gasteiger partial charge in [0.2, 0.25) is 5.91 Å². The molecule has 1 aromatic heterocycles. The lowest BCUT2D eigenvalue weighted by atomic mass is 10.2. The minimum absolute atomic E-state index is 0. The van der Waals surface area contributed by atoms with Gasteiger partial charge in [0, 0.05) is 7.05 Å². The van der Waals surface area contributed by atoms with Crippen LogP contribution in [0, 0.1) is 6.92 Å². The zero-order chi connectivity index (χ0) is 14.7. The van der Waals surface area contributed by atoms with Crippen molar-refractivity contribution in [2.75, 3.05) is 0 Å². The molecule has 21 heavy (non-hydrogen) atoms. The van der Waals surface area contributed by atoms with Crippen molar-refractivity contribution in [3.8, 4) is 0 Å². The van der Waals surface area contributed by atoms with E-state index in [-0.39, 0.29) is 18.3 Å². The van der Waals surface area contributed by atoms with Crippen molar-refractivity contribution in [1.82, 2.24) is 14.9 Å². The van der Waals surface area contributed by atoms with Crippen LogP contribution in [0.5, 0.6) is 0 Å². The molecule has 5 nitrogen and oxygen atoms in total. The Morgan fingerprint density at radius 2 is 2.19 bits per heavy atom. The normalized spacial score (nSPS) is 12.0. The first-order valence-corrected chi connectivity index (χ1v) is 6.98. The Labute approximate surface area is 131 Å². The van der Waals surface area contributed by atoms with Crippen LogP contribution in [0.4, 0.5) is 0 Å². The van der Waals surface area contributed by atoms with Crippen LogP contribution in [0.3, 0.4) is 0 Å². The SMILES string of the molecule is CCCC(N)C(=O)NCc1nc2cccc(C)c2n1C.Cl. The molecule has 1 heterocycles. The Balaban J connectivity index is 0.00000220. The molecule has 1 amide bonds. The number of hydrogen-bond donors (Lipinski definition) is 2. The third-order valence-corrected chi connectivity index (χ3v) is 3.55. The van der Waals surface area contributed by atoms with Gasteiger partial charge in [-0.05, 0) is 25.0 Å². The smallest absolute Gasteiger partial charge is 0.237 e. The predicted molar refractivity (Wildman–Crippen MR) is 87.4 cm³/mol. The monoisotopic (exact) mass is 310 g/mol. The fourth-order valence-corrected chi connectivity index (χ4v) is 2.41. The number of para-hydroxylation sites is 1. The number of benzene rings is 1. The number of fused-ring (bicyclic) bond motifs is 1. The fraction of sp³-hybridized carbons (Fsp3) is 0.467. The van der Waals surface area contributed by atoms with Crippen molar-refractivity contribution in [3.63, 3.8) is 0 Å².